The van der Waals surface area contributed by atoms with E-state index in [9.17, 15) is 10.1 Å². The van der Waals surface area contributed by atoms with Gasteiger partial charge in [0.05, 0.1) is 11.3 Å². The van der Waals surface area contributed by atoms with E-state index < -0.39 is 0 Å². The van der Waals surface area contributed by atoms with Gasteiger partial charge in [-0.1, -0.05) is 49.4 Å². The number of nitriles is 1. The predicted molar refractivity (Wildman–Crippen MR) is 145 cm³/mol. The second kappa shape index (κ2) is 11.8. The van der Waals surface area contributed by atoms with Crippen LogP contribution >= 0.6 is 23.1 Å². The summed E-state index contributed by atoms with van der Waals surface area (Å²) in [6.07, 6.45) is 5.59. The highest BCUT2D eigenvalue weighted by Gasteiger charge is 2.26. The van der Waals surface area contributed by atoms with Gasteiger partial charge >= 0.3 is 0 Å². The molecule has 188 valence electrons. The van der Waals surface area contributed by atoms with E-state index in [1.165, 1.54) is 16.6 Å². The average molecular weight is 522 g/mol. The van der Waals surface area contributed by atoms with Gasteiger partial charge in [-0.05, 0) is 56.2 Å². The van der Waals surface area contributed by atoms with E-state index in [2.05, 4.69) is 35.1 Å². The number of rotatable bonds is 10. The number of carbonyl (C=O) groups is 1. The van der Waals surface area contributed by atoms with Crippen molar-refractivity contribution < 1.29 is 9.53 Å². The van der Waals surface area contributed by atoms with Crippen molar-refractivity contribution in [3.63, 3.8) is 0 Å². The lowest BCUT2D eigenvalue weighted by Crippen LogP contribution is -2.16. The Hall–Kier alpha value is -3.09. The summed E-state index contributed by atoms with van der Waals surface area (Å²) < 4.78 is 8.06. The molecule has 1 aromatic carbocycles. The number of fused-ring (bicyclic) bond motifs is 1. The van der Waals surface area contributed by atoms with E-state index >= 15 is 0 Å². The SMILES string of the molecule is C=CCn1c(SCC(=O)Nc2sc3c(c2C#N)CCC(CC)C3)nnc1C(C)Oc1ccccc1C. The van der Waals surface area contributed by atoms with Gasteiger partial charge < -0.3 is 10.1 Å². The lowest BCUT2D eigenvalue weighted by Gasteiger charge is -2.20. The molecule has 1 N–H and O–H groups in total. The van der Waals surface area contributed by atoms with Crippen LogP contribution in [0.25, 0.3) is 0 Å². The first-order chi connectivity index (χ1) is 17.4. The molecule has 1 aliphatic carbocycles. The molecule has 7 nitrogen and oxygen atoms in total. The number of para-hydroxylation sites is 1. The zero-order chi connectivity index (χ0) is 25.7. The Morgan fingerprint density at radius 1 is 1.44 bits per heavy atom. The second-order valence-electron chi connectivity index (χ2n) is 8.94. The Balaban J connectivity index is 1.43. The van der Waals surface area contributed by atoms with Crippen LogP contribution in [0.2, 0.25) is 0 Å². The van der Waals surface area contributed by atoms with E-state index in [1.807, 2.05) is 42.7 Å². The first kappa shape index (κ1) is 26.0. The van der Waals surface area contributed by atoms with Gasteiger partial charge in [-0.2, -0.15) is 5.26 Å². The summed E-state index contributed by atoms with van der Waals surface area (Å²) >= 11 is 2.86. The Morgan fingerprint density at radius 3 is 2.97 bits per heavy atom. The molecule has 1 aliphatic rings. The van der Waals surface area contributed by atoms with Crippen molar-refractivity contribution in [2.24, 2.45) is 5.92 Å². The molecule has 0 spiro atoms. The van der Waals surface area contributed by atoms with Crippen molar-refractivity contribution in [2.45, 2.75) is 64.3 Å². The molecule has 0 saturated carbocycles. The van der Waals surface area contributed by atoms with Gasteiger partial charge in [0.1, 0.15) is 16.8 Å². The summed E-state index contributed by atoms with van der Waals surface area (Å²) in [4.78, 5) is 14.1. The van der Waals surface area contributed by atoms with Gasteiger partial charge in [0.2, 0.25) is 5.91 Å². The number of amides is 1. The van der Waals surface area contributed by atoms with Crippen molar-refractivity contribution >= 4 is 34.0 Å². The highest BCUT2D eigenvalue weighted by Crippen LogP contribution is 2.40. The molecule has 2 heterocycles. The molecule has 0 fully saturated rings. The maximum atomic E-state index is 12.8. The fraction of sp³-hybridized carbons (Fsp3) is 0.407. The molecule has 2 aromatic heterocycles. The minimum absolute atomic E-state index is 0.160. The van der Waals surface area contributed by atoms with Crippen molar-refractivity contribution in [2.75, 3.05) is 11.1 Å². The van der Waals surface area contributed by atoms with Gasteiger partial charge in [0.15, 0.2) is 17.1 Å². The number of benzene rings is 1. The topological polar surface area (TPSA) is 92.8 Å². The van der Waals surface area contributed by atoms with Crippen LogP contribution in [-0.4, -0.2) is 26.4 Å². The van der Waals surface area contributed by atoms with Crippen molar-refractivity contribution in [1.29, 1.82) is 5.26 Å². The Bertz CT molecular complexity index is 1290. The molecule has 0 aliphatic heterocycles. The number of carbonyl (C=O) groups excluding carboxylic acids is 1. The third kappa shape index (κ3) is 5.66. The maximum absolute atomic E-state index is 12.8. The molecule has 4 rings (SSSR count). The van der Waals surface area contributed by atoms with E-state index in [0.29, 0.717) is 34.0 Å². The molecule has 2 unspecified atom stereocenters. The normalized spacial score (nSPS) is 15.6. The first-order valence-corrected chi connectivity index (χ1v) is 14.0. The summed E-state index contributed by atoms with van der Waals surface area (Å²) in [7, 11) is 0. The third-order valence-corrected chi connectivity index (χ3v) is 8.60. The van der Waals surface area contributed by atoms with Crippen LogP contribution in [0.3, 0.4) is 0 Å². The molecular weight excluding hydrogens is 490 g/mol. The highest BCUT2D eigenvalue weighted by molar-refractivity contribution is 7.99. The Labute approximate surface area is 220 Å². The number of aromatic nitrogens is 3. The number of thioether (sulfide) groups is 1. The molecule has 3 aromatic rings. The summed E-state index contributed by atoms with van der Waals surface area (Å²) in [5.74, 6) is 2.12. The number of nitrogens with one attached hydrogen (secondary N) is 1. The third-order valence-electron chi connectivity index (χ3n) is 6.46. The number of aryl methyl sites for hydroxylation is 1. The number of ether oxygens (including phenoxy) is 1. The van der Waals surface area contributed by atoms with Gasteiger partial charge in [0.25, 0.3) is 0 Å². The van der Waals surface area contributed by atoms with E-state index in [4.69, 9.17) is 4.74 Å². The summed E-state index contributed by atoms with van der Waals surface area (Å²) in [6, 6.07) is 10.2. The largest absolute Gasteiger partial charge is 0.482 e. The lowest BCUT2D eigenvalue weighted by atomic mass is 9.86. The van der Waals surface area contributed by atoms with Gasteiger partial charge in [-0.3, -0.25) is 9.36 Å². The second-order valence-corrected chi connectivity index (χ2v) is 11.0. The number of hydrogen-bond acceptors (Lipinski definition) is 7. The molecule has 1 amide bonds. The molecular formula is C27H31N5O2S2. The van der Waals surface area contributed by atoms with Crippen molar-refractivity contribution in [1.82, 2.24) is 14.8 Å². The zero-order valence-corrected chi connectivity index (χ0v) is 22.5. The molecule has 9 heteroatoms. The standard InChI is InChI=1S/C27H31N5O2S2/c1-5-13-32-25(18(4)34-22-10-8-7-9-17(22)3)30-31-27(32)35-16-24(33)29-26-21(15-28)20-12-11-19(6-2)14-23(20)36-26/h5,7-10,18-19H,1,6,11-14,16H2,2-4H3,(H,29,33). The smallest absolute Gasteiger partial charge is 0.235 e. The average Bonchev–Trinajstić information content (AvgIpc) is 3.44. The van der Waals surface area contributed by atoms with Crippen molar-refractivity contribution in [3.8, 4) is 11.8 Å². The molecule has 0 saturated heterocycles. The fourth-order valence-electron chi connectivity index (χ4n) is 4.44. The number of allylic oxidation sites excluding steroid dienone is 1. The van der Waals surface area contributed by atoms with Crippen LogP contribution in [0.4, 0.5) is 5.00 Å². The van der Waals surface area contributed by atoms with Crippen LogP contribution in [-0.2, 0) is 24.2 Å². The quantitative estimate of drug-likeness (QED) is 0.256. The minimum Gasteiger partial charge on any atom is -0.482 e. The predicted octanol–water partition coefficient (Wildman–Crippen LogP) is 6.09. The van der Waals surface area contributed by atoms with E-state index in [-0.39, 0.29) is 17.8 Å². The number of anilines is 1. The molecule has 0 bridgehead atoms. The van der Waals surface area contributed by atoms with Crippen LogP contribution in [0.5, 0.6) is 5.75 Å². The summed E-state index contributed by atoms with van der Waals surface area (Å²) in [6.45, 7) is 10.5. The molecule has 36 heavy (non-hydrogen) atoms. The van der Waals surface area contributed by atoms with Crippen LogP contribution in [0, 0.1) is 24.2 Å². The summed E-state index contributed by atoms with van der Waals surface area (Å²) in [5.41, 5.74) is 2.79. The molecule has 2 atom stereocenters. The molecule has 0 radical (unpaired) electrons. The van der Waals surface area contributed by atoms with Gasteiger partial charge in [0, 0.05) is 11.4 Å². The minimum atomic E-state index is -0.329. The highest BCUT2D eigenvalue weighted by atomic mass is 32.2. The fourth-order valence-corrected chi connectivity index (χ4v) is 6.53. The lowest BCUT2D eigenvalue weighted by molar-refractivity contribution is -0.113. The maximum Gasteiger partial charge on any atom is 0.235 e. The van der Waals surface area contributed by atoms with Crippen LogP contribution in [0.15, 0.2) is 42.1 Å². The van der Waals surface area contributed by atoms with Gasteiger partial charge in [-0.15, -0.1) is 28.1 Å². The van der Waals surface area contributed by atoms with E-state index in [0.717, 1.165) is 42.6 Å². The number of thiophene rings is 1. The van der Waals surface area contributed by atoms with Crippen LogP contribution in [0.1, 0.15) is 60.2 Å². The van der Waals surface area contributed by atoms with Crippen LogP contribution < -0.4 is 10.1 Å². The number of hydrogen-bond donors (Lipinski definition) is 1. The zero-order valence-electron chi connectivity index (χ0n) is 20.9. The monoisotopic (exact) mass is 521 g/mol. The Kier molecular flexibility index (Phi) is 8.49. The van der Waals surface area contributed by atoms with Gasteiger partial charge in [-0.25, -0.2) is 0 Å². The van der Waals surface area contributed by atoms with E-state index in [1.54, 1.807) is 17.4 Å². The van der Waals surface area contributed by atoms with Crippen molar-refractivity contribution in [3.05, 3.63) is 64.3 Å². The Morgan fingerprint density at radius 2 is 2.25 bits per heavy atom. The first-order valence-electron chi connectivity index (χ1n) is 12.2. The number of nitrogens with zero attached hydrogens (tertiary/aromatic N) is 4. The summed E-state index contributed by atoms with van der Waals surface area (Å²) in [5, 5.41) is 22.7.